The number of carbonyl (C=O) groups excluding carboxylic acids is 2. The van der Waals surface area contributed by atoms with Gasteiger partial charge in [-0.15, -0.1) is 0 Å². The van der Waals surface area contributed by atoms with Gasteiger partial charge in [-0.2, -0.15) is 0 Å². The number of rotatable bonds is 6. The number of hydrogen-bond acceptors (Lipinski definition) is 3. The number of hydrogen-bond donors (Lipinski definition) is 1. The number of amides is 2. The molecule has 1 aliphatic rings. The van der Waals surface area contributed by atoms with Crippen LogP contribution in [0.2, 0.25) is 10.0 Å². The topological polar surface area (TPSA) is 58.6 Å². The predicted molar refractivity (Wildman–Crippen MR) is 110 cm³/mol. The van der Waals surface area contributed by atoms with Gasteiger partial charge in [0.05, 0.1) is 10.0 Å². The van der Waals surface area contributed by atoms with Crippen molar-refractivity contribution in [2.24, 2.45) is 5.92 Å². The monoisotopic (exact) mass is 420 g/mol. The highest BCUT2D eigenvalue weighted by molar-refractivity contribution is 6.42. The summed E-state index contributed by atoms with van der Waals surface area (Å²) in [4.78, 5) is 26.4. The minimum absolute atomic E-state index is 0.0119. The molecule has 148 valence electrons. The second-order valence-electron chi connectivity index (χ2n) is 6.76. The second-order valence-corrected chi connectivity index (χ2v) is 7.58. The summed E-state index contributed by atoms with van der Waals surface area (Å²) in [5.41, 5.74) is 0.486. The number of benzene rings is 2. The fourth-order valence-corrected chi connectivity index (χ4v) is 3.41. The number of para-hydroxylation sites is 1. The number of ether oxygens (including phenoxy) is 1. The lowest BCUT2D eigenvalue weighted by Crippen LogP contribution is -2.43. The normalized spacial score (nSPS) is 14.6. The van der Waals surface area contributed by atoms with E-state index in [-0.39, 0.29) is 18.4 Å². The molecule has 2 amide bonds. The van der Waals surface area contributed by atoms with Crippen LogP contribution in [0, 0.1) is 5.92 Å². The first kappa shape index (κ1) is 20.5. The van der Waals surface area contributed by atoms with E-state index in [0.717, 1.165) is 12.8 Å². The molecule has 0 unspecified atom stereocenters. The molecule has 2 aromatic rings. The number of piperidine rings is 1. The number of nitrogens with one attached hydrogen (secondary N) is 1. The Morgan fingerprint density at radius 2 is 1.75 bits per heavy atom. The highest BCUT2D eigenvalue weighted by Gasteiger charge is 2.23. The van der Waals surface area contributed by atoms with Crippen molar-refractivity contribution in [1.82, 2.24) is 10.2 Å². The summed E-state index contributed by atoms with van der Waals surface area (Å²) in [6, 6.07) is 14.1. The molecule has 0 bridgehead atoms. The lowest BCUT2D eigenvalue weighted by Gasteiger charge is -2.32. The predicted octanol–water partition coefficient (Wildman–Crippen LogP) is 4.04. The molecule has 0 atom stereocenters. The van der Waals surface area contributed by atoms with Crippen molar-refractivity contribution in [3.8, 4) is 5.75 Å². The summed E-state index contributed by atoms with van der Waals surface area (Å²) in [5.74, 6) is 0.844. The van der Waals surface area contributed by atoms with E-state index < -0.39 is 0 Å². The molecule has 1 aliphatic heterocycles. The van der Waals surface area contributed by atoms with Gasteiger partial charge >= 0.3 is 0 Å². The molecule has 0 aromatic heterocycles. The molecule has 3 rings (SSSR count). The van der Waals surface area contributed by atoms with Crippen molar-refractivity contribution in [3.63, 3.8) is 0 Å². The maximum atomic E-state index is 12.3. The van der Waals surface area contributed by atoms with Crippen LogP contribution in [-0.4, -0.2) is 43.0 Å². The van der Waals surface area contributed by atoms with Gasteiger partial charge in [-0.1, -0.05) is 41.4 Å². The van der Waals surface area contributed by atoms with Crippen LogP contribution in [0.4, 0.5) is 0 Å². The molecular formula is C21H22Cl2N2O3. The SMILES string of the molecule is O=C(NCC1CCN(C(=O)COc2ccccc2)CC1)c1ccc(Cl)c(Cl)c1. The first-order valence-corrected chi connectivity index (χ1v) is 9.97. The average molecular weight is 421 g/mol. The van der Waals surface area contributed by atoms with Gasteiger partial charge in [0, 0.05) is 25.2 Å². The minimum Gasteiger partial charge on any atom is -0.484 e. The van der Waals surface area contributed by atoms with E-state index >= 15 is 0 Å². The van der Waals surface area contributed by atoms with Crippen LogP contribution >= 0.6 is 23.2 Å². The summed E-state index contributed by atoms with van der Waals surface area (Å²) in [7, 11) is 0. The standard InChI is InChI=1S/C21H22Cl2N2O3/c22-18-7-6-16(12-19(18)23)21(27)24-13-15-8-10-25(11-9-15)20(26)14-28-17-4-2-1-3-5-17/h1-7,12,15H,8-11,13-14H2,(H,24,27). The molecule has 0 saturated carbocycles. The van der Waals surface area contributed by atoms with Gasteiger partial charge in [-0.05, 0) is 49.1 Å². The van der Waals surface area contributed by atoms with Gasteiger partial charge in [0.1, 0.15) is 5.75 Å². The molecular weight excluding hydrogens is 399 g/mol. The second kappa shape index (κ2) is 9.80. The maximum Gasteiger partial charge on any atom is 0.260 e. The smallest absolute Gasteiger partial charge is 0.260 e. The Morgan fingerprint density at radius 3 is 2.43 bits per heavy atom. The number of carbonyl (C=O) groups is 2. The molecule has 7 heteroatoms. The molecule has 0 aliphatic carbocycles. The summed E-state index contributed by atoms with van der Waals surface area (Å²) in [6.45, 7) is 1.96. The molecule has 0 spiro atoms. The molecule has 28 heavy (non-hydrogen) atoms. The van der Waals surface area contributed by atoms with Crippen molar-refractivity contribution in [2.45, 2.75) is 12.8 Å². The van der Waals surface area contributed by atoms with E-state index in [1.165, 1.54) is 0 Å². The van der Waals surface area contributed by atoms with Crippen molar-refractivity contribution in [2.75, 3.05) is 26.2 Å². The van der Waals surface area contributed by atoms with Crippen LogP contribution in [-0.2, 0) is 4.79 Å². The molecule has 1 saturated heterocycles. The van der Waals surface area contributed by atoms with E-state index in [4.69, 9.17) is 27.9 Å². The Bertz CT molecular complexity index is 822. The van der Waals surface area contributed by atoms with Crippen molar-refractivity contribution in [1.29, 1.82) is 0 Å². The third kappa shape index (κ3) is 5.63. The number of halogens is 2. The highest BCUT2D eigenvalue weighted by Crippen LogP contribution is 2.23. The van der Waals surface area contributed by atoms with Crippen molar-refractivity contribution in [3.05, 3.63) is 64.1 Å². The zero-order chi connectivity index (χ0) is 19.9. The Balaban J connectivity index is 1.39. The summed E-state index contributed by atoms with van der Waals surface area (Å²) in [5, 5.41) is 3.72. The molecule has 1 fully saturated rings. The van der Waals surface area contributed by atoms with E-state index in [0.29, 0.717) is 46.9 Å². The van der Waals surface area contributed by atoms with Gasteiger partial charge in [0.25, 0.3) is 11.8 Å². The van der Waals surface area contributed by atoms with Gasteiger partial charge in [0.2, 0.25) is 0 Å². The summed E-state index contributed by atoms with van der Waals surface area (Å²) in [6.07, 6.45) is 1.69. The zero-order valence-corrected chi connectivity index (χ0v) is 16.9. The Labute approximate surface area is 174 Å². The minimum atomic E-state index is -0.173. The summed E-state index contributed by atoms with van der Waals surface area (Å²) >= 11 is 11.8. The Hall–Kier alpha value is -2.24. The average Bonchev–Trinajstić information content (AvgIpc) is 2.73. The fourth-order valence-electron chi connectivity index (χ4n) is 3.12. The number of likely N-dealkylation sites (tertiary alicyclic amines) is 1. The Kier molecular flexibility index (Phi) is 7.18. The first-order chi connectivity index (χ1) is 13.5. The molecule has 1 N–H and O–H groups in total. The van der Waals surface area contributed by atoms with Gasteiger partial charge in [0.15, 0.2) is 6.61 Å². The van der Waals surface area contributed by atoms with Crippen molar-refractivity contribution < 1.29 is 14.3 Å². The zero-order valence-electron chi connectivity index (χ0n) is 15.4. The van der Waals surface area contributed by atoms with Crippen LogP contribution in [0.3, 0.4) is 0 Å². The van der Waals surface area contributed by atoms with Crippen LogP contribution in [0.15, 0.2) is 48.5 Å². The maximum absolute atomic E-state index is 12.3. The Morgan fingerprint density at radius 1 is 1.04 bits per heavy atom. The first-order valence-electron chi connectivity index (χ1n) is 9.22. The molecule has 1 heterocycles. The van der Waals surface area contributed by atoms with Gasteiger partial charge in [-0.3, -0.25) is 9.59 Å². The molecule has 0 radical (unpaired) electrons. The van der Waals surface area contributed by atoms with Gasteiger partial charge in [-0.25, -0.2) is 0 Å². The van der Waals surface area contributed by atoms with Crippen LogP contribution < -0.4 is 10.1 Å². The van der Waals surface area contributed by atoms with Crippen LogP contribution in [0.1, 0.15) is 23.2 Å². The van der Waals surface area contributed by atoms with E-state index in [1.54, 1.807) is 18.2 Å². The highest BCUT2D eigenvalue weighted by atomic mass is 35.5. The molecule has 2 aromatic carbocycles. The largest absolute Gasteiger partial charge is 0.484 e. The van der Waals surface area contributed by atoms with E-state index in [9.17, 15) is 9.59 Å². The molecule has 5 nitrogen and oxygen atoms in total. The summed E-state index contributed by atoms with van der Waals surface area (Å²) < 4.78 is 5.53. The third-order valence-electron chi connectivity index (χ3n) is 4.81. The van der Waals surface area contributed by atoms with Crippen molar-refractivity contribution >= 4 is 35.0 Å². The van der Waals surface area contributed by atoms with Crippen LogP contribution in [0.5, 0.6) is 5.75 Å². The number of nitrogens with zero attached hydrogens (tertiary/aromatic N) is 1. The third-order valence-corrected chi connectivity index (χ3v) is 5.54. The quantitative estimate of drug-likeness (QED) is 0.766. The fraction of sp³-hybridized carbons (Fsp3) is 0.333. The van der Waals surface area contributed by atoms with Crippen LogP contribution in [0.25, 0.3) is 0 Å². The lowest BCUT2D eigenvalue weighted by atomic mass is 9.96. The van der Waals surface area contributed by atoms with E-state index in [1.807, 2.05) is 35.2 Å². The van der Waals surface area contributed by atoms with Gasteiger partial charge < -0.3 is 15.0 Å². The lowest BCUT2D eigenvalue weighted by molar-refractivity contribution is -0.134. The van der Waals surface area contributed by atoms with E-state index in [2.05, 4.69) is 5.32 Å².